The first-order valence-corrected chi connectivity index (χ1v) is 11.4. The lowest BCUT2D eigenvalue weighted by Crippen LogP contribution is -2.35. The molecule has 2 aliphatic heterocycles. The molecule has 2 heterocycles. The number of imide groups is 2. The monoisotopic (exact) mass is 536 g/mol. The zero-order chi connectivity index (χ0) is 28.7. The molecule has 39 heavy (non-hydrogen) atoms. The summed E-state index contributed by atoms with van der Waals surface area (Å²) in [5.41, 5.74) is 1.26. The Labute approximate surface area is 222 Å². The van der Waals surface area contributed by atoms with Crippen molar-refractivity contribution < 1.29 is 47.8 Å². The molecule has 0 aliphatic carbocycles. The molecule has 4 amide bonds. The first-order valence-electron chi connectivity index (χ1n) is 11.4. The van der Waals surface area contributed by atoms with Gasteiger partial charge in [-0.2, -0.15) is 0 Å². The topological polar surface area (TPSA) is 154 Å². The molecule has 0 bridgehead atoms. The van der Waals surface area contributed by atoms with Crippen molar-refractivity contribution in [2.24, 2.45) is 0 Å². The van der Waals surface area contributed by atoms with Crippen LogP contribution in [0.2, 0.25) is 0 Å². The smallest absolute Gasteiger partial charge is 0.333 e. The number of carbonyl (C=O) groups is 7. The van der Waals surface area contributed by atoms with E-state index in [0.717, 1.165) is 23.0 Å². The van der Waals surface area contributed by atoms with Crippen LogP contribution in [0.5, 0.6) is 0 Å². The second-order valence-electron chi connectivity index (χ2n) is 8.11. The minimum atomic E-state index is -0.693. The molecule has 2 aliphatic rings. The van der Waals surface area contributed by atoms with E-state index in [1.165, 1.54) is 26.4 Å². The molecule has 12 heteroatoms. The van der Waals surface area contributed by atoms with E-state index >= 15 is 0 Å². The number of amides is 4. The molecular formula is C27H24N2O10. The molecular weight excluding hydrogens is 512 g/mol. The molecule has 0 aromatic heterocycles. The third kappa shape index (κ3) is 6.24. The number of Topliss-reactive ketones (excluding diaryl/α,β-unsaturated/α-hetero) is 1. The SMILES string of the molecule is COC(=O)/C=C(/CN1C(=O)c2ccccc2C1=O)OC.COC(=O)CC(=O)CN1C(=O)c2ccccc2C1=O. The van der Waals surface area contributed by atoms with Gasteiger partial charge in [0.2, 0.25) is 0 Å². The number of hydrogen-bond donors (Lipinski definition) is 0. The van der Waals surface area contributed by atoms with Gasteiger partial charge in [0.15, 0.2) is 5.78 Å². The molecule has 202 valence electrons. The van der Waals surface area contributed by atoms with Crippen molar-refractivity contribution >= 4 is 41.4 Å². The molecule has 0 spiro atoms. The van der Waals surface area contributed by atoms with Gasteiger partial charge in [-0.15, -0.1) is 0 Å². The van der Waals surface area contributed by atoms with Gasteiger partial charge in [0, 0.05) is 0 Å². The van der Waals surface area contributed by atoms with Crippen LogP contribution < -0.4 is 0 Å². The first kappa shape index (κ1) is 28.4. The molecule has 0 saturated carbocycles. The summed E-state index contributed by atoms with van der Waals surface area (Å²) in [7, 11) is 3.75. The first-order chi connectivity index (χ1) is 18.6. The molecule has 4 rings (SSSR count). The van der Waals surface area contributed by atoms with Crippen LogP contribution in [0, 0.1) is 0 Å². The van der Waals surface area contributed by atoms with Crippen molar-refractivity contribution in [1.29, 1.82) is 0 Å². The summed E-state index contributed by atoms with van der Waals surface area (Å²) in [4.78, 5) is 83.7. The number of ether oxygens (including phenoxy) is 3. The molecule has 0 saturated heterocycles. The molecule has 0 atom stereocenters. The fourth-order valence-corrected chi connectivity index (χ4v) is 3.75. The summed E-state index contributed by atoms with van der Waals surface area (Å²) < 4.78 is 13.8. The Kier molecular flexibility index (Phi) is 9.05. The molecule has 0 radical (unpaired) electrons. The van der Waals surface area contributed by atoms with Crippen molar-refractivity contribution in [2.45, 2.75) is 6.42 Å². The predicted molar refractivity (Wildman–Crippen MR) is 132 cm³/mol. The van der Waals surface area contributed by atoms with Crippen molar-refractivity contribution in [2.75, 3.05) is 34.4 Å². The average Bonchev–Trinajstić information content (AvgIpc) is 3.33. The van der Waals surface area contributed by atoms with E-state index < -0.39 is 54.3 Å². The van der Waals surface area contributed by atoms with Gasteiger partial charge in [-0.3, -0.25) is 38.6 Å². The van der Waals surface area contributed by atoms with Crippen LogP contribution in [-0.4, -0.2) is 85.6 Å². The fraction of sp³-hybridized carbons (Fsp3) is 0.222. The second kappa shape index (κ2) is 12.4. The van der Waals surface area contributed by atoms with Crippen molar-refractivity contribution in [3.63, 3.8) is 0 Å². The fourth-order valence-electron chi connectivity index (χ4n) is 3.75. The van der Waals surface area contributed by atoms with Gasteiger partial charge >= 0.3 is 11.9 Å². The van der Waals surface area contributed by atoms with Gasteiger partial charge in [0.1, 0.15) is 12.2 Å². The lowest BCUT2D eigenvalue weighted by atomic mass is 10.1. The number of esters is 2. The van der Waals surface area contributed by atoms with Crippen LogP contribution in [0.15, 0.2) is 60.4 Å². The Hall–Kier alpha value is -5.13. The third-order valence-electron chi connectivity index (χ3n) is 5.72. The van der Waals surface area contributed by atoms with Crippen LogP contribution in [0.4, 0.5) is 0 Å². The summed E-state index contributed by atoms with van der Waals surface area (Å²) in [5.74, 6) is -3.51. The summed E-state index contributed by atoms with van der Waals surface area (Å²) in [6, 6.07) is 12.9. The highest BCUT2D eigenvalue weighted by molar-refractivity contribution is 6.23. The number of carbonyl (C=O) groups excluding carboxylic acids is 7. The molecule has 0 fully saturated rings. The van der Waals surface area contributed by atoms with Crippen molar-refractivity contribution in [3.05, 3.63) is 82.6 Å². The number of rotatable bonds is 8. The third-order valence-corrected chi connectivity index (χ3v) is 5.72. The van der Waals surface area contributed by atoms with Crippen LogP contribution in [0.25, 0.3) is 0 Å². The second-order valence-corrected chi connectivity index (χ2v) is 8.11. The number of benzene rings is 2. The molecule has 2 aromatic carbocycles. The van der Waals surface area contributed by atoms with E-state index in [4.69, 9.17) is 4.74 Å². The Bertz CT molecular complexity index is 1320. The maximum absolute atomic E-state index is 12.1. The van der Waals surface area contributed by atoms with Crippen LogP contribution in [0.1, 0.15) is 47.9 Å². The lowest BCUT2D eigenvalue weighted by Gasteiger charge is -2.15. The van der Waals surface area contributed by atoms with E-state index in [2.05, 4.69) is 9.47 Å². The summed E-state index contributed by atoms with van der Waals surface area (Å²) in [6.45, 7) is -0.528. The number of methoxy groups -OCH3 is 3. The highest BCUT2D eigenvalue weighted by Crippen LogP contribution is 2.24. The summed E-state index contributed by atoms with van der Waals surface area (Å²) in [5, 5.41) is 0. The number of hydrogen-bond acceptors (Lipinski definition) is 10. The highest BCUT2D eigenvalue weighted by atomic mass is 16.5. The van der Waals surface area contributed by atoms with E-state index in [0.29, 0.717) is 11.1 Å². The lowest BCUT2D eigenvalue weighted by molar-refractivity contribution is -0.143. The summed E-state index contributed by atoms with van der Waals surface area (Å²) >= 11 is 0. The van der Waals surface area contributed by atoms with E-state index in [-0.39, 0.29) is 23.4 Å². The Morgan fingerprint density at radius 1 is 0.641 bits per heavy atom. The van der Waals surface area contributed by atoms with E-state index in [9.17, 15) is 33.6 Å². The van der Waals surface area contributed by atoms with Crippen LogP contribution in [0.3, 0.4) is 0 Å². The average molecular weight is 536 g/mol. The summed E-state index contributed by atoms with van der Waals surface area (Å²) in [6.07, 6.45) is 0.646. The minimum Gasteiger partial charge on any atom is -0.499 e. The number of ketones is 1. The highest BCUT2D eigenvalue weighted by Gasteiger charge is 2.37. The number of fused-ring (bicyclic) bond motifs is 2. The largest absolute Gasteiger partial charge is 0.499 e. The van der Waals surface area contributed by atoms with Crippen molar-refractivity contribution in [1.82, 2.24) is 9.80 Å². The normalized spacial score (nSPS) is 13.9. The van der Waals surface area contributed by atoms with Gasteiger partial charge in [-0.1, -0.05) is 24.3 Å². The quantitative estimate of drug-likeness (QED) is 0.159. The molecule has 12 nitrogen and oxygen atoms in total. The van der Waals surface area contributed by atoms with Crippen LogP contribution >= 0.6 is 0 Å². The zero-order valence-corrected chi connectivity index (χ0v) is 21.3. The van der Waals surface area contributed by atoms with Gasteiger partial charge in [0.05, 0.1) is 62.7 Å². The predicted octanol–water partition coefficient (Wildman–Crippen LogP) is 1.40. The van der Waals surface area contributed by atoms with Crippen LogP contribution in [-0.2, 0) is 28.6 Å². The Morgan fingerprint density at radius 3 is 1.41 bits per heavy atom. The molecule has 0 unspecified atom stereocenters. The zero-order valence-electron chi connectivity index (χ0n) is 21.3. The van der Waals surface area contributed by atoms with Gasteiger partial charge in [-0.25, -0.2) is 4.79 Å². The van der Waals surface area contributed by atoms with E-state index in [1.807, 2.05) is 0 Å². The molecule has 2 aromatic rings. The van der Waals surface area contributed by atoms with Gasteiger partial charge < -0.3 is 14.2 Å². The number of nitrogens with zero attached hydrogens (tertiary/aromatic N) is 2. The Morgan fingerprint density at radius 2 is 1.05 bits per heavy atom. The molecule has 0 N–H and O–H groups in total. The van der Waals surface area contributed by atoms with E-state index in [1.54, 1.807) is 36.4 Å². The maximum Gasteiger partial charge on any atom is 0.333 e. The van der Waals surface area contributed by atoms with Gasteiger partial charge in [0.25, 0.3) is 23.6 Å². The van der Waals surface area contributed by atoms with Gasteiger partial charge in [-0.05, 0) is 24.3 Å². The Balaban J connectivity index is 0.000000216. The van der Waals surface area contributed by atoms with Crippen molar-refractivity contribution in [3.8, 4) is 0 Å². The standard InChI is InChI=1S/C14H13NO5.C13H11NO5/c1-19-9(7-12(16)20-2)8-15-13(17)10-5-3-4-6-11(10)14(15)18;1-19-11(16)6-8(15)7-14-12(17)9-4-2-3-5-10(9)13(14)18/h3-7H,8H2,1-2H3;2-5H,6-7H2,1H3/b9-7-;. The minimum absolute atomic E-state index is 0.113. The maximum atomic E-state index is 12.1.